The zero-order valence-electron chi connectivity index (χ0n) is 17.8. The summed E-state index contributed by atoms with van der Waals surface area (Å²) < 4.78 is 19.9. The molecule has 3 aromatic rings. The van der Waals surface area contributed by atoms with Crippen LogP contribution in [0.2, 0.25) is 0 Å². The van der Waals surface area contributed by atoms with E-state index in [0.717, 1.165) is 5.69 Å². The Kier molecular flexibility index (Phi) is 5.03. The van der Waals surface area contributed by atoms with E-state index in [4.69, 9.17) is 4.74 Å². The summed E-state index contributed by atoms with van der Waals surface area (Å²) in [7, 11) is 0. The van der Waals surface area contributed by atoms with Crippen molar-refractivity contribution < 1.29 is 13.9 Å². The van der Waals surface area contributed by atoms with Crippen molar-refractivity contribution in [2.75, 3.05) is 5.32 Å². The maximum atomic E-state index is 13.4. The number of fused-ring (bicyclic) bond motifs is 2. The molecule has 160 valence electrons. The highest BCUT2D eigenvalue weighted by Gasteiger charge is 2.55. The molecule has 0 radical (unpaired) electrons. The largest absolute Gasteiger partial charge is 0.378 e. The average Bonchev–Trinajstić information content (AvgIpc) is 3.32. The van der Waals surface area contributed by atoms with E-state index >= 15 is 0 Å². The van der Waals surface area contributed by atoms with Gasteiger partial charge in [0.1, 0.15) is 17.0 Å². The summed E-state index contributed by atoms with van der Waals surface area (Å²) in [5.41, 5.74) is 1.60. The van der Waals surface area contributed by atoms with Crippen LogP contribution in [0, 0.1) is 5.82 Å². The van der Waals surface area contributed by atoms with E-state index in [9.17, 15) is 9.18 Å². The lowest BCUT2D eigenvalue weighted by atomic mass is 9.81. The van der Waals surface area contributed by atoms with Crippen molar-refractivity contribution in [1.29, 1.82) is 0 Å². The van der Waals surface area contributed by atoms with Gasteiger partial charge in [0.15, 0.2) is 5.78 Å². The predicted octanol–water partition coefficient (Wildman–Crippen LogP) is 5.76. The molecule has 4 heteroatoms. The van der Waals surface area contributed by atoms with Gasteiger partial charge in [-0.1, -0.05) is 48.5 Å². The SMILES string of the molecule is CC12C=CC(C(Cc3ccccc3)Nc3ccccc3)(C=C1C(=O)c1ccc(F)cc1)O2. The highest BCUT2D eigenvalue weighted by molar-refractivity contribution is 6.11. The lowest BCUT2D eigenvalue weighted by molar-refractivity contribution is -0.0191. The van der Waals surface area contributed by atoms with Crippen LogP contribution in [-0.4, -0.2) is 23.0 Å². The Morgan fingerprint density at radius 3 is 2.28 bits per heavy atom. The van der Waals surface area contributed by atoms with Crippen molar-refractivity contribution in [2.45, 2.75) is 30.6 Å². The second-order valence-corrected chi connectivity index (χ2v) is 8.54. The average molecular weight is 426 g/mol. The van der Waals surface area contributed by atoms with Gasteiger partial charge in [0.2, 0.25) is 0 Å². The van der Waals surface area contributed by atoms with Crippen molar-refractivity contribution >= 4 is 11.5 Å². The van der Waals surface area contributed by atoms with Crippen molar-refractivity contribution in [3.63, 3.8) is 0 Å². The molecule has 32 heavy (non-hydrogen) atoms. The molecule has 3 aromatic carbocycles. The van der Waals surface area contributed by atoms with Crippen LogP contribution in [0.3, 0.4) is 0 Å². The number of ketones is 1. The van der Waals surface area contributed by atoms with Crippen LogP contribution >= 0.6 is 0 Å². The zero-order valence-corrected chi connectivity index (χ0v) is 17.8. The quantitative estimate of drug-likeness (QED) is 0.387. The number of carbonyl (C=O) groups excluding carboxylic acids is 1. The summed E-state index contributed by atoms with van der Waals surface area (Å²) in [6.07, 6.45) is 6.68. The highest BCUT2D eigenvalue weighted by atomic mass is 19.1. The maximum Gasteiger partial charge on any atom is 0.192 e. The van der Waals surface area contributed by atoms with Gasteiger partial charge in [0.05, 0.1) is 6.04 Å². The fraction of sp³-hybridized carbons (Fsp3) is 0.179. The van der Waals surface area contributed by atoms with Gasteiger partial charge >= 0.3 is 0 Å². The molecule has 2 heterocycles. The lowest BCUT2D eigenvalue weighted by Gasteiger charge is -2.34. The van der Waals surface area contributed by atoms with E-state index in [2.05, 4.69) is 23.5 Å². The monoisotopic (exact) mass is 425 g/mol. The van der Waals surface area contributed by atoms with E-state index in [1.807, 2.05) is 67.6 Å². The molecule has 0 saturated heterocycles. The van der Waals surface area contributed by atoms with Gasteiger partial charge in [-0.05, 0) is 73.5 Å². The van der Waals surface area contributed by atoms with Crippen LogP contribution in [-0.2, 0) is 11.2 Å². The van der Waals surface area contributed by atoms with Crippen LogP contribution in [0.1, 0.15) is 22.8 Å². The number of carbonyl (C=O) groups is 1. The third-order valence-corrected chi connectivity index (χ3v) is 6.25. The summed E-state index contributed by atoms with van der Waals surface area (Å²) in [6, 6.07) is 25.8. The topological polar surface area (TPSA) is 38.3 Å². The number of halogens is 1. The second-order valence-electron chi connectivity index (χ2n) is 8.54. The number of ether oxygens (including phenoxy) is 1. The highest BCUT2D eigenvalue weighted by Crippen LogP contribution is 2.48. The molecule has 0 spiro atoms. The number of hydrogen-bond donors (Lipinski definition) is 1. The summed E-state index contributed by atoms with van der Waals surface area (Å²) >= 11 is 0. The molecule has 0 aliphatic carbocycles. The number of para-hydroxylation sites is 1. The Balaban J connectivity index is 1.52. The van der Waals surface area contributed by atoms with Crippen LogP contribution in [0.5, 0.6) is 0 Å². The minimum atomic E-state index is -0.821. The first-order valence-electron chi connectivity index (χ1n) is 10.8. The molecule has 2 aliphatic rings. The van der Waals surface area contributed by atoms with Crippen LogP contribution in [0.25, 0.3) is 0 Å². The van der Waals surface area contributed by atoms with Crippen molar-refractivity contribution in [3.8, 4) is 0 Å². The standard InChI is InChI=1S/C28H24FNO2/c1-27-16-17-28(32-27,19-24(27)26(31)21-12-14-22(29)15-13-21)25(18-20-8-4-2-5-9-20)30-23-10-6-3-7-11-23/h2-17,19,25,30H,18H2,1H3. The molecule has 0 fully saturated rings. The molecule has 2 bridgehead atoms. The first-order valence-corrected chi connectivity index (χ1v) is 10.8. The number of rotatable bonds is 7. The molecular formula is C28H24FNO2. The van der Waals surface area contributed by atoms with Crippen molar-refractivity contribution in [2.24, 2.45) is 0 Å². The normalized spacial score (nSPS) is 24.2. The van der Waals surface area contributed by atoms with Gasteiger partial charge in [-0.2, -0.15) is 0 Å². The van der Waals surface area contributed by atoms with Gasteiger partial charge in [-0.25, -0.2) is 4.39 Å². The van der Waals surface area contributed by atoms with Crippen LogP contribution in [0.4, 0.5) is 10.1 Å². The molecule has 0 amide bonds. The van der Waals surface area contributed by atoms with Crippen LogP contribution < -0.4 is 5.32 Å². The third kappa shape index (κ3) is 3.67. The molecule has 0 aromatic heterocycles. The number of anilines is 1. The van der Waals surface area contributed by atoms with Gasteiger partial charge in [-0.15, -0.1) is 0 Å². The molecule has 3 unspecified atom stereocenters. The smallest absolute Gasteiger partial charge is 0.192 e. The Labute approximate surface area is 187 Å². The predicted molar refractivity (Wildman–Crippen MR) is 124 cm³/mol. The summed E-state index contributed by atoms with van der Waals surface area (Å²) in [4.78, 5) is 13.3. The number of benzene rings is 3. The zero-order chi connectivity index (χ0) is 22.2. The number of nitrogens with one attached hydrogen (secondary N) is 1. The molecule has 2 aliphatic heterocycles. The van der Waals surface area contributed by atoms with Gasteiger partial charge in [0.25, 0.3) is 0 Å². The Morgan fingerprint density at radius 1 is 0.938 bits per heavy atom. The Morgan fingerprint density at radius 2 is 1.59 bits per heavy atom. The second kappa shape index (κ2) is 7.88. The lowest BCUT2D eigenvalue weighted by Crippen LogP contribution is -2.45. The number of Topliss-reactive ketones (excluding diaryl/α,β-unsaturated/α-hetero) is 1. The minimum Gasteiger partial charge on any atom is -0.378 e. The fourth-order valence-electron chi connectivity index (χ4n) is 4.56. The van der Waals surface area contributed by atoms with E-state index in [1.54, 1.807) is 0 Å². The maximum absolute atomic E-state index is 13.4. The van der Waals surface area contributed by atoms with Gasteiger partial charge in [0, 0.05) is 16.8 Å². The van der Waals surface area contributed by atoms with Gasteiger partial charge < -0.3 is 10.1 Å². The van der Waals surface area contributed by atoms with Gasteiger partial charge in [-0.3, -0.25) is 4.79 Å². The van der Waals surface area contributed by atoms with E-state index < -0.39 is 11.2 Å². The summed E-state index contributed by atoms with van der Waals surface area (Å²) in [5.74, 6) is -0.505. The molecule has 3 atom stereocenters. The number of hydrogen-bond acceptors (Lipinski definition) is 3. The fourth-order valence-corrected chi connectivity index (χ4v) is 4.56. The summed E-state index contributed by atoms with van der Waals surface area (Å²) in [6.45, 7) is 1.91. The molecule has 5 rings (SSSR count). The summed E-state index contributed by atoms with van der Waals surface area (Å²) in [5, 5.41) is 3.63. The molecular weight excluding hydrogens is 401 g/mol. The molecule has 0 saturated carbocycles. The van der Waals surface area contributed by atoms with E-state index in [-0.39, 0.29) is 17.6 Å². The first-order chi connectivity index (χ1) is 15.5. The van der Waals surface area contributed by atoms with Crippen molar-refractivity contribution in [3.05, 3.63) is 126 Å². The third-order valence-electron chi connectivity index (χ3n) is 6.25. The van der Waals surface area contributed by atoms with E-state index in [0.29, 0.717) is 17.6 Å². The molecule has 3 nitrogen and oxygen atoms in total. The van der Waals surface area contributed by atoms with E-state index in [1.165, 1.54) is 29.8 Å². The first kappa shape index (κ1) is 20.4. The Bertz CT molecular complexity index is 1150. The minimum absolute atomic E-state index is 0.135. The van der Waals surface area contributed by atoms with Crippen molar-refractivity contribution in [1.82, 2.24) is 0 Å². The Hall–Kier alpha value is -3.50. The van der Waals surface area contributed by atoms with Crippen LogP contribution in [0.15, 0.2) is 109 Å². The molecule has 1 N–H and O–H groups in total.